The van der Waals surface area contributed by atoms with Crippen molar-refractivity contribution in [2.75, 3.05) is 22.5 Å². The molecule has 4 N–H and O–H groups in total. The molecule has 0 aliphatic heterocycles. The number of hydrogen-bond acceptors (Lipinski definition) is 8. The highest BCUT2D eigenvalue weighted by molar-refractivity contribution is 7.22. The van der Waals surface area contributed by atoms with E-state index in [2.05, 4.69) is 30.9 Å². The summed E-state index contributed by atoms with van der Waals surface area (Å²) in [5.41, 5.74) is 0.480. The zero-order chi connectivity index (χ0) is 24.5. The standard InChI is InChI=1S/C21H17Cl2F3N6OS/c1-10(33)9-27-19-31-17(28-12-7-5-11(6-8-12)21(24,25)26)16-18(32-19)34-20(30-16)29-15-13(22)3-2-4-14(15)23/h2-8,10,33H,9H2,1H3,(H,29,30)(H2,27,28,31,32). The number of para-hydroxylation sites is 1. The molecule has 13 heteroatoms. The summed E-state index contributed by atoms with van der Waals surface area (Å²) in [6.45, 7) is 1.80. The first-order valence-corrected chi connectivity index (χ1v) is 11.4. The van der Waals surface area contributed by atoms with Gasteiger partial charge in [0.25, 0.3) is 0 Å². The predicted octanol–water partition coefficient (Wildman–Crippen LogP) is 6.69. The molecule has 1 unspecified atom stereocenters. The SMILES string of the molecule is CC(O)CNc1nc(Nc2ccc(C(F)(F)F)cc2)c2nc(Nc3c(Cl)cccc3Cl)sc2n1. The molecule has 7 nitrogen and oxygen atoms in total. The third kappa shape index (κ3) is 5.61. The van der Waals surface area contributed by atoms with E-state index in [1.807, 2.05) is 0 Å². The number of aromatic nitrogens is 3. The maximum absolute atomic E-state index is 12.9. The molecule has 0 bridgehead atoms. The average molecular weight is 529 g/mol. The van der Waals surface area contributed by atoms with E-state index in [1.54, 1.807) is 25.1 Å². The molecule has 2 aromatic carbocycles. The highest BCUT2D eigenvalue weighted by Gasteiger charge is 2.30. The molecule has 0 spiro atoms. The highest BCUT2D eigenvalue weighted by Crippen LogP contribution is 2.37. The van der Waals surface area contributed by atoms with Crippen LogP contribution in [0.2, 0.25) is 10.0 Å². The van der Waals surface area contributed by atoms with Crippen LogP contribution in [-0.4, -0.2) is 32.7 Å². The summed E-state index contributed by atoms with van der Waals surface area (Å²) < 4.78 is 38.7. The number of anilines is 5. The molecule has 0 saturated carbocycles. The van der Waals surface area contributed by atoms with E-state index in [1.165, 1.54) is 23.5 Å². The van der Waals surface area contributed by atoms with Gasteiger partial charge in [-0.05, 0) is 43.3 Å². The van der Waals surface area contributed by atoms with Crippen LogP contribution in [0, 0.1) is 0 Å². The zero-order valence-corrected chi connectivity index (χ0v) is 19.7. The lowest BCUT2D eigenvalue weighted by atomic mass is 10.2. The number of benzene rings is 2. The van der Waals surface area contributed by atoms with E-state index in [-0.39, 0.29) is 18.3 Å². The Bertz CT molecular complexity index is 1290. The molecule has 0 saturated heterocycles. The Kier molecular flexibility index (Phi) is 6.99. The summed E-state index contributed by atoms with van der Waals surface area (Å²) in [7, 11) is 0. The lowest BCUT2D eigenvalue weighted by molar-refractivity contribution is -0.137. The van der Waals surface area contributed by atoms with Crippen molar-refractivity contribution >= 4 is 73.2 Å². The van der Waals surface area contributed by atoms with Crippen LogP contribution in [0.15, 0.2) is 42.5 Å². The molecule has 0 fully saturated rings. The van der Waals surface area contributed by atoms with E-state index in [0.717, 1.165) is 12.1 Å². The van der Waals surface area contributed by atoms with E-state index in [9.17, 15) is 18.3 Å². The smallest absolute Gasteiger partial charge is 0.392 e. The second-order valence-corrected chi connectivity index (χ2v) is 9.01. The number of aliphatic hydroxyl groups is 1. The molecular formula is C21H17Cl2F3N6OS. The van der Waals surface area contributed by atoms with Crippen LogP contribution in [0.5, 0.6) is 0 Å². The van der Waals surface area contributed by atoms with Crippen molar-refractivity contribution in [3.63, 3.8) is 0 Å². The third-order valence-electron chi connectivity index (χ3n) is 4.48. The highest BCUT2D eigenvalue weighted by atomic mass is 35.5. The van der Waals surface area contributed by atoms with Gasteiger partial charge < -0.3 is 21.1 Å². The topological polar surface area (TPSA) is 95.0 Å². The predicted molar refractivity (Wildman–Crippen MR) is 130 cm³/mol. The average Bonchev–Trinajstić information content (AvgIpc) is 3.18. The summed E-state index contributed by atoms with van der Waals surface area (Å²) in [5.74, 6) is 0.487. The normalized spacial score (nSPS) is 12.6. The number of alkyl halides is 3. The molecule has 0 aliphatic carbocycles. The number of aliphatic hydroxyl groups excluding tert-OH is 1. The molecule has 2 heterocycles. The largest absolute Gasteiger partial charge is 0.416 e. The lowest BCUT2D eigenvalue weighted by Crippen LogP contribution is -2.17. The minimum absolute atomic E-state index is 0.199. The number of thiazole rings is 1. The van der Waals surface area contributed by atoms with Crippen molar-refractivity contribution in [2.45, 2.75) is 19.2 Å². The van der Waals surface area contributed by atoms with Crippen LogP contribution >= 0.6 is 34.5 Å². The Morgan fingerprint density at radius 3 is 2.29 bits per heavy atom. The van der Waals surface area contributed by atoms with Crippen molar-refractivity contribution in [2.24, 2.45) is 0 Å². The Hall–Kier alpha value is -2.86. The molecule has 2 aromatic heterocycles. The van der Waals surface area contributed by atoms with Crippen LogP contribution < -0.4 is 16.0 Å². The molecule has 1 atom stereocenters. The molecule has 4 aromatic rings. The Balaban J connectivity index is 1.71. The summed E-state index contributed by atoms with van der Waals surface area (Å²) in [6, 6.07) is 9.62. The maximum Gasteiger partial charge on any atom is 0.416 e. The minimum atomic E-state index is -4.44. The minimum Gasteiger partial charge on any atom is -0.392 e. The van der Waals surface area contributed by atoms with E-state index in [0.29, 0.717) is 36.9 Å². The Labute approximate surface area is 206 Å². The Morgan fingerprint density at radius 2 is 1.68 bits per heavy atom. The van der Waals surface area contributed by atoms with Crippen LogP contribution in [0.4, 0.5) is 41.4 Å². The molecule has 34 heavy (non-hydrogen) atoms. The molecular weight excluding hydrogens is 512 g/mol. The monoisotopic (exact) mass is 528 g/mol. The number of rotatable bonds is 7. The number of hydrogen-bond donors (Lipinski definition) is 4. The van der Waals surface area contributed by atoms with Crippen LogP contribution in [0.1, 0.15) is 12.5 Å². The van der Waals surface area contributed by atoms with Crippen LogP contribution in [0.25, 0.3) is 10.3 Å². The quantitative estimate of drug-likeness (QED) is 0.212. The fourth-order valence-corrected chi connectivity index (χ4v) is 4.22. The van der Waals surface area contributed by atoms with Crippen molar-refractivity contribution in [3.05, 3.63) is 58.1 Å². The fourth-order valence-electron chi connectivity index (χ4n) is 2.88. The van der Waals surface area contributed by atoms with Crippen molar-refractivity contribution in [1.29, 1.82) is 0 Å². The van der Waals surface area contributed by atoms with Gasteiger partial charge in [0.05, 0.1) is 27.4 Å². The van der Waals surface area contributed by atoms with E-state index >= 15 is 0 Å². The van der Waals surface area contributed by atoms with Gasteiger partial charge in [-0.2, -0.15) is 23.1 Å². The second-order valence-electron chi connectivity index (χ2n) is 7.22. The second kappa shape index (κ2) is 9.79. The summed E-state index contributed by atoms with van der Waals surface area (Å²) in [5, 5.41) is 19.8. The first-order chi connectivity index (χ1) is 16.1. The van der Waals surface area contributed by atoms with E-state index < -0.39 is 17.8 Å². The number of nitrogens with zero attached hydrogens (tertiary/aromatic N) is 3. The summed E-state index contributed by atoms with van der Waals surface area (Å²) >= 11 is 13.7. The van der Waals surface area contributed by atoms with Gasteiger partial charge in [-0.3, -0.25) is 0 Å². The molecule has 0 amide bonds. The van der Waals surface area contributed by atoms with E-state index in [4.69, 9.17) is 23.2 Å². The van der Waals surface area contributed by atoms with Crippen LogP contribution in [-0.2, 0) is 6.18 Å². The van der Waals surface area contributed by atoms with Gasteiger partial charge in [0.15, 0.2) is 15.8 Å². The van der Waals surface area contributed by atoms with Crippen molar-refractivity contribution < 1.29 is 18.3 Å². The van der Waals surface area contributed by atoms with Crippen molar-refractivity contribution in [3.8, 4) is 0 Å². The number of halogens is 5. The molecule has 0 aliphatic rings. The van der Waals surface area contributed by atoms with Gasteiger partial charge in [0, 0.05) is 12.2 Å². The number of nitrogens with one attached hydrogen (secondary N) is 3. The summed E-state index contributed by atoms with van der Waals surface area (Å²) in [4.78, 5) is 13.8. The zero-order valence-electron chi connectivity index (χ0n) is 17.4. The Morgan fingerprint density at radius 1 is 1.00 bits per heavy atom. The molecule has 178 valence electrons. The van der Waals surface area contributed by atoms with Gasteiger partial charge in [0.2, 0.25) is 5.95 Å². The molecule has 0 radical (unpaired) electrons. The van der Waals surface area contributed by atoms with Gasteiger partial charge in [0.1, 0.15) is 5.52 Å². The first-order valence-electron chi connectivity index (χ1n) is 9.86. The third-order valence-corrected chi connectivity index (χ3v) is 5.98. The van der Waals surface area contributed by atoms with Gasteiger partial charge in [-0.15, -0.1) is 0 Å². The lowest BCUT2D eigenvalue weighted by Gasteiger charge is -2.11. The summed E-state index contributed by atoms with van der Waals surface area (Å²) in [6.07, 6.45) is -5.08. The van der Waals surface area contributed by atoms with Gasteiger partial charge in [-0.1, -0.05) is 40.6 Å². The number of fused-ring (bicyclic) bond motifs is 1. The maximum atomic E-state index is 12.9. The first kappa shape index (κ1) is 24.3. The van der Waals surface area contributed by atoms with Gasteiger partial charge in [-0.25, -0.2) is 4.98 Å². The fraction of sp³-hybridized carbons (Fsp3) is 0.190. The van der Waals surface area contributed by atoms with Gasteiger partial charge >= 0.3 is 6.18 Å². The van der Waals surface area contributed by atoms with Crippen molar-refractivity contribution in [1.82, 2.24) is 15.0 Å². The van der Waals surface area contributed by atoms with Crippen LogP contribution in [0.3, 0.4) is 0 Å². The molecule has 4 rings (SSSR count).